The molecule has 0 amide bonds. The van der Waals surface area contributed by atoms with Gasteiger partial charge in [0, 0.05) is 7.11 Å². The van der Waals surface area contributed by atoms with Crippen LogP contribution < -0.4 is 0 Å². The van der Waals surface area contributed by atoms with Crippen LogP contribution in [0.5, 0.6) is 0 Å². The van der Waals surface area contributed by atoms with Gasteiger partial charge >= 0.3 is 5.97 Å². The third-order valence-electron chi connectivity index (χ3n) is 2.48. The van der Waals surface area contributed by atoms with E-state index >= 15 is 0 Å². The molecular formula is C14H28O5. The van der Waals surface area contributed by atoms with Crippen LogP contribution in [0.15, 0.2) is 0 Å². The van der Waals surface area contributed by atoms with Gasteiger partial charge in [0.25, 0.3) is 0 Å². The summed E-state index contributed by atoms with van der Waals surface area (Å²) in [6, 6.07) is 0. The number of carbonyl (C=O) groups is 1. The average molecular weight is 276 g/mol. The fraction of sp³-hybridized carbons (Fsp3) is 0.929. The molecule has 0 aliphatic rings. The predicted octanol–water partition coefficient (Wildman–Crippen LogP) is 2.03. The maximum absolute atomic E-state index is 11.7. The molecule has 2 unspecified atom stereocenters. The highest BCUT2D eigenvalue weighted by molar-refractivity contribution is 5.74. The average Bonchev–Trinajstić information content (AvgIpc) is 2.32. The first-order chi connectivity index (χ1) is 8.97. The Kier molecular flexibility index (Phi) is 10.8. The minimum absolute atomic E-state index is 0.0727. The normalized spacial score (nSPS) is 14.4. The van der Waals surface area contributed by atoms with Gasteiger partial charge in [-0.3, -0.25) is 0 Å². The van der Waals surface area contributed by atoms with Crippen molar-refractivity contribution in [3.63, 3.8) is 0 Å². The number of carbonyl (C=O) groups excluding carboxylic acids is 1. The Morgan fingerprint density at radius 2 is 1.63 bits per heavy atom. The summed E-state index contributed by atoms with van der Waals surface area (Å²) in [5, 5.41) is 0. The molecule has 0 fully saturated rings. The zero-order chi connectivity index (χ0) is 14.7. The molecule has 5 nitrogen and oxygen atoms in total. The van der Waals surface area contributed by atoms with Crippen LogP contribution in [0.25, 0.3) is 0 Å². The summed E-state index contributed by atoms with van der Waals surface area (Å²) in [5.74, 6) is 0.193. The molecule has 114 valence electrons. The van der Waals surface area contributed by atoms with E-state index in [1.807, 2.05) is 6.92 Å². The van der Waals surface area contributed by atoms with Gasteiger partial charge < -0.3 is 18.9 Å². The van der Waals surface area contributed by atoms with E-state index in [1.54, 1.807) is 14.0 Å². The Balaban J connectivity index is 3.64. The summed E-state index contributed by atoms with van der Waals surface area (Å²) in [7, 11) is 1.62. The lowest BCUT2D eigenvalue weighted by molar-refractivity contribution is -0.162. The lowest BCUT2D eigenvalue weighted by Crippen LogP contribution is -2.28. The summed E-state index contributed by atoms with van der Waals surface area (Å²) in [4.78, 5) is 11.7. The SMILES string of the molecule is COCCOCCOC(C)C(=O)OC(C)CC(C)C. The first kappa shape index (κ1) is 18.4. The van der Waals surface area contributed by atoms with E-state index in [-0.39, 0.29) is 12.1 Å². The minimum atomic E-state index is -0.555. The van der Waals surface area contributed by atoms with Crippen molar-refractivity contribution in [1.82, 2.24) is 0 Å². The van der Waals surface area contributed by atoms with Crippen molar-refractivity contribution in [2.45, 2.75) is 46.3 Å². The van der Waals surface area contributed by atoms with Gasteiger partial charge in [0.05, 0.1) is 32.5 Å². The highest BCUT2D eigenvalue weighted by atomic mass is 16.6. The zero-order valence-electron chi connectivity index (χ0n) is 12.8. The molecule has 0 spiro atoms. The first-order valence-corrected chi connectivity index (χ1v) is 6.86. The van der Waals surface area contributed by atoms with Gasteiger partial charge in [-0.2, -0.15) is 0 Å². The van der Waals surface area contributed by atoms with Crippen molar-refractivity contribution in [2.75, 3.05) is 33.5 Å². The van der Waals surface area contributed by atoms with Crippen LogP contribution in [0.1, 0.15) is 34.1 Å². The summed E-state index contributed by atoms with van der Waals surface area (Å²) in [5.41, 5.74) is 0. The van der Waals surface area contributed by atoms with Crippen molar-refractivity contribution >= 4 is 5.97 Å². The molecule has 0 saturated heterocycles. The standard InChI is InChI=1S/C14H28O5/c1-11(2)10-12(3)19-14(15)13(4)18-9-8-17-7-6-16-5/h11-13H,6-10H2,1-5H3. The molecule has 0 saturated carbocycles. The van der Waals surface area contributed by atoms with Gasteiger partial charge in [0.1, 0.15) is 0 Å². The van der Waals surface area contributed by atoms with E-state index < -0.39 is 6.10 Å². The summed E-state index contributed by atoms with van der Waals surface area (Å²) in [6.07, 6.45) is 0.232. The van der Waals surface area contributed by atoms with Crippen LogP contribution in [0.3, 0.4) is 0 Å². The molecule has 5 heteroatoms. The van der Waals surface area contributed by atoms with Crippen molar-refractivity contribution in [3.8, 4) is 0 Å². The maximum atomic E-state index is 11.7. The lowest BCUT2D eigenvalue weighted by Gasteiger charge is -2.18. The van der Waals surface area contributed by atoms with Gasteiger partial charge in [0.15, 0.2) is 6.10 Å². The quantitative estimate of drug-likeness (QED) is 0.427. The molecule has 0 aromatic rings. The zero-order valence-corrected chi connectivity index (χ0v) is 12.8. The Morgan fingerprint density at radius 3 is 2.21 bits per heavy atom. The van der Waals surface area contributed by atoms with E-state index in [4.69, 9.17) is 18.9 Å². The number of ether oxygens (including phenoxy) is 4. The first-order valence-electron chi connectivity index (χ1n) is 6.86. The van der Waals surface area contributed by atoms with E-state index in [0.717, 1.165) is 6.42 Å². The maximum Gasteiger partial charge on any atom is 0.335 e. The molecule has 0 aliphatic carbocycles. The molecule has 0 aromatic carbocycles. The topological polar surface area (TPSA) is 54.0 Å². The fourth-order valence-corrected chi connectivity index (χ4v) is 1.60. The number of rotatable bonds is 11. The van der Waals surface area contributed by atoms with E-state index in [0.29, 0.717) is 32.3 Å². The molecule has 0 radical (unpaired) electrons. The molecule has 0 aromatic heterocycles. The van der Waals surface area contributed by atoms with E-state index in [9.17, 15) is 4.79 Å². The molecule has 2 atom stereocenters. The Hall–Kier alpha value is -0.650. The Morgan fingerprint density at radius 1 is 1.00 bits per heavy atom. The predicted molar refractivity (Wildman–Crippen MR) is 73.1 cm³/mol. The fourth-order valence-electron chi connectivity index (χ4n) is 1.60. The Labute approximate surface area is 116 Å². The molecule has 19 heavy (non-hydrogen) atoms. The highest BCUT2D eigenvalue weighted by Crippen LogP contribution is 2.09. The van der Waals surface area contributed by atoms with Crippen LogP contribution >= 0.6 is 0 Å². The van der Waals surface area contributed by atoms with Gasteiger partial charge in [-0.25, -0.2) is 4.79 Å². The molecule has 0 heterocycles. The number of hydrogen-bond acceptors (Lipinski definition) is 5. The van der Waals surface area contributed by atoms with Crippen LogP contribution in [-0.4, -0.2) is 51.7 Å². The summed E-state index contributed by atoms with van der Waals surface area (Å²) < 4.78 is 20.7. The highest BCUT2D eigenvalue weighted by Gasteiger charge is 2.18. The molecule has 0 rings (SSSR count). The largest absolute Gasteiger partial charge is 0.461 e. The van der Waals surface area contributed by atoms with E-state index in [2.05, 4.69) is 13.8 Å². The second-order valence-electron chi connectivity index (χ2n) is 5.00. The molecule has 0 bridgehead atoms. The van der Waals surface area contributed by atoms with E-state index in [1.165, 1.54) is 0 Å². The van der Waals surface area contributed by atoms with Gasteiger partial charge in [0.2, 0.25) is 0 Å². The van der Waals surface area contributed by atoms with Crippen molar-refractivity contribution in [2.24, 2.45) is 5.92 Å². The molecule has 0 N–H and O–H groups in total. The van der Waals surface area contributed by atoms with Gasteiger partial charge in [-0.05, 0) is 26.2 Å². The number of methoxy groups -OCH3 is 1. The van der Waals surface area contributed by atoms with Crippen LogP contribution in [0.2, 0.25) is 0 Å². The summed E-state index contributed by atoms with van der Waals surface area (Å²) >= 11 is 0. The molecule has 0 aliphatic heterocycles. The van der Waals surface area contributed by atoms with Gasteiger partial charge in [-0.1, -0.05) is 13.8 Å². The smallest absolute Gasteiger partial charge is 0.335 e. The lowest BCUT2D eigenvalue weighted by atomic mass is 10.1. The number of esters is 1. The minimum Gasteiger partial charge on any atom is -0.461 e. The van der Waals surface area contributed by atoms with Gasteiger partial charge in [-0.15, -0.1) is 0 Å². The van der Waals surface area contributed by atoms with Crippen LogP contribution in [-0.2, 0) is 23.7 Å². The van der Waals surface area contributed by atoms with Crippen molar-refractivity contribution in [3.05, 3.63) is 0 Å². The monoisotopic (exact) mass is 276 g/mol. The van der Waals surface area contributed by atoms with Crippen LogP contribution in [0, 0.1) is 5.92 Å². The number of hydrogen-bond donors (Lipinski definition) is 0. The third-order valence-corrected chi connectivity index (χ3v) is 2.48. The second kappa shape index (κ2) is 11.2. The van der Waals surface area contributed by atoms with Crippen LogP contribution in [0.4, 0.5) is 0 Å². The Bertz CT molecular complexity index is 230. The molecular weight excluding hydrogens is 248 g/mol. The summed E-state index contributed by atoms with van der Waals surface area (Å²) in [6.45, 7) is 9.71. The second-order valence-corrected chi connectivity index (χ2v) is 5.00. The van der Waals surface area contributed by atoms with Crippen molar-refractivity contribution in [1.29, 1.82) is 0 Å². The third kappa shape index (κ3) is 10.9. The van der Waals surface area contributed by atoms with Crippen molar-refractivity contribution < 1.29 is 23.7 Å².